The molecule has 1 fully saturated rings. The molecule has 5 rings (SSSR count). The monoisotopic (exact) mass is 487 g/mol. The molecule has 35 heavy (non-hydrogen) atoms. The van der Waals surface area contributed by atoms with Crippen LogP contribution in [0.25, 0.3) is 27.9 Å². The molecular weight excluding hydrogens is 463 g/mol. The summed E-state index contributed by atoms with van der Waals surface area (Å²) in [6, 6.07) is 5.09. The third-order valence-electron chi connectivity index (χ3n) is 6.44. The minimum absolute atomic E-state index is 0.00211. The Labute approximate surface area is 197 Å². The van der Waals surface area contributed by atoms with Gasteiger partial charge in [-0.1, -0.05) is 6.92 Å². The number of nitrogens with two attached hydrogens (primary N) is 1. The van der Waals surface area contributed by atoms with Gasteiger partial charge in [0.15, 0.2) is 11.5 Å². The molecule has 184 valence electrons. The van der Waals surface area contributed by atoms with E-state index in [9.17, 15) is 18.0 Å². The van der Waals surface area contributed by atoms with Gasteiger partial charge in [-0.25, -0.2) is 14.5 Å². The zero-order chi connectivity index (χ0) is 25.1. The number of aromatic nitrogens is 6. The van der Waals surface area contributed by atoms with Crippen molar-refractivity contribution < 1.29 is 18.0 Å². The number of hydrogen-bond donors (Lipinski definition) is 3. The maximum Gasteiger partial charge on any atom is 0.406 e. The van der Waals surface area contributed by atoms with E-state index in [0.717, 1.165) is 4.57 Å². The molecule has 0 spiro atoms. The smallest absolute Gasteiger partial charge is 0.382 e. The second-order valence-electron chi connectivity index (χ2n) is 9.13. The number of alkyl halides is 3. The minimum Gasteiger partial charge on any atom is -0.382 e. The summed E-state index contributed by atoms with van der Waals surface area (Å²) in [5.41, 5.74) is 7.85. The lowest BCUT2D eigenvalue weighted by atomic mass is 9.66. The number of carbonyl (C=O) groups is 1. The highest BCUT2D eigenvalue weighted by atomic mass is 19.4. The molecule has 0 radical (unpaired) electrons. The van der Waals surface area contributed by atoms with Crippen LogP contribution in [0.15, 0.2) is 24.4 Å². The molecule has 4 N–H and O–H groups in total. The maximum atomic E-state index is 13.1. The standard InChI is InChI=1S/C22H24F3N9O/c1-11-28-15-5-4-14(30-18(15)33(11)10-22(23,24)25)13-6-7-34-16(13)17(26)31-20(32-34)29-12-8-21(2,9-12)19(35)27-3/h4-7,12H,8-10H2,1-3H3,(H,27,35)(H3,26,29,31,32). The van der Waals surface area contributed by atoms with Crippen molar-refractivity contribution in [2.45, 2.75) is 45.5 Å². The maximum absolute atomic E-state index is 13.1. The molecule has 4 heterocycles. The number of hydrogen-bond acceptors (Lipinski definition) is 7. The molecule has 0 atom stereocenters. The number of fused-ring (bicyclic) bond motifs is 2. The Morgan fingerprint density at radius 3 is 2.66 bits per heavy atom. The molecule has 0 saturated heterocycles. The summed E-state index contributed by atoms with van der Waals surface area (Å²) in [4.78, 5) is 25.0. The van der Waals surface area contributed by atoms with E-state index < -0.39 is 18.1 Å². The highest BCUT2D eigenvalue weighted by molar-refractivity contribution is 5.88. The Bertz CT molecular complexity index is 1450. The van der Waals surface area contributed by atoms with Crippen LogP contribution in [-0.2, 0) is 11.3 Å². The number of imidazole rings is 1. The zero-order valence-corrected chi connectivity index (χ0v) is 19.3. The van der Waals surface area contributed by atoms with Gasteiger partial charge < -0.3 is 20.9 Å². The molecule has 4 aromatic heterocycles. The fourth-order valence-electron chi connectivity index (χ4n) is 4.75. The number of nitrogens with one attached hydrogen (secondary N) is 2. The minimum atomic E-state index is -4.40. The summed E-state index contributed by atoms with van der Waals surface area (Å²) in [5.74, 6) is 0.740. The van der Waals surface area contributed by atoms with Gasteiger partial charge in [0.25, 0.3) is 0 Å². The van der Waals surface area contributed by atoms with Crippen LogP contribution < -0.4 is 16.4 Å². The lowest BCUT2D eigenvalue weighted by Gasteiger charge is -2.43. The average molecular weight is 487 g/mol. The van der Waals surface area contributed by atoms with Crippen LogP contribution in [0.3, 0.4) is 0 Å². The Hall–Kier alpha value is -3.90. The van der Waals surface area contributed by atoms with E-state index in [-0.39, 0.29) is 29.2 Å². The number of pyridine rings is 1. The van der Waals surface area contributed by atoms with Crippen molar-refractivity contribution in [1.29, 1.82) is 0 Å². The Morgan fingerprint density at radius 1 is 1.23 bits per heavy atom. The summed E-state index contributed by atoms with van der Waals surface area (Å²) in [6.07, 6.45) is -1.44. The van der Waals surface area contributed by atoms with Gasteiger partial charge in [0.2, 0.25) is 11.9 Å². The highest BCUT2D eigenvalue weighted by Gasteiger charge is 2.46. The predicted octanol–water partition coefficient (Wildman–Crippen LogP) is 2.92. The molecule has 0 aliphatic heterocycles. The number of rotatable bonds is 5. The molecule has 4 aromatic rings. The van der Waals surface area contributed by atoms with Crippen LogP contribution in [-0.4, -0.2) is 54.3 Å². The average Bonchev–Trinajstić information content (AvgIpc) is 3.32. The van der Waals surface area contributed by atoms with Crippen molar-refractivity contribution in [1.82, 2.24) is 34.4 Å². The van der Waals surface area contributed by atoms with Crippen molar-refractivity contribution in [2.75, 3.05) is 18.1 Å². The Morgan fingerprint density at radius 2 is 1.97 bits per heavy atom. The Kier molecular flexibility index (Phi) is 5.11. The molecular formula is C22H24F3N9O. The topological polar surface area (TPSA) is 128 Å². The van der Waals surface area contributed by atoms with E-state index in [0.29, 0.717) is 41.1 Å². The summed E-state index contributed by atoms with van der Waals surface area (Å²) in [7, 11) is 1.62. The predicted molar refractivity (Wildman–Crippen MR) is 124 cm³/mol. The first kappa shape index (κ1) is 22.9. The summed E-state index contributed by atoms with van der Waals surface area (Å²) in [6.45, 7) is 2.25. The lowest BCUT2D eigenvalue weighted by Crippen LogP contribution is -2.51. The van der Waals surface area contributed by atoms with Gasteiger partial charge in [-0.05, 0) is 38.0 Å². The number of halogens is 3. The highest BCUT2D eigenvalue weighted by Crippen LogP contribution is 2.42. The van der Waals surface area contributed by atoms with E-state index in [1.54, 1.807) is 36.0 Å². The SMILES string of the molecule is CNC(=O)C1(C)CC(Nc2nc(N)c3c(-c4ccc5nc(C)n(CC(F)(F)F)c5n4)ccn3n2)C1. The lowest BCUT2D eigenvalue weighted by molar-refractivity contribution is -0.140. The fourth-order valence-corrected chi connectivity index (χ4v) is 4.75. The first-order chi connectivity index (χ1) is 16.5. The molecule has 10 nitrogen and oxygen atoms in total. The summed E-state index contributed by atoms with van der Waals surface area (Å²) in [5, 5.41) is 10.4. The van der Waals surface area contributed by atoms with E-state index in [1.165, 1.54) is 6.92 Å². The molecule has 13 heteroatoms. The van der Waals surface area contributed by atoms with E-state index in [4.69, 9.17) is 5.73 Å². The van der Waals surface area contributed by atoms with Gasteiger partial charge in [-0.3, -0.25) is 4.79 Å². The van der Waals surface area contributed by atoms with Crippen LogP contribution in [0.1, 0.15) is 25.6 Å². The molecule has 1 aliphatic rings. The summed E-state index contributed by atoms with van der Waals surface area (Å²) >= 11 is 0. The summed E-state index contributed by atoms with van der Waals surface area (Å²) < 4.78 is 41.8. The second kappa shape index (κ2) is 7.82. The van der Waals surface area contributed by atoms with E-state index in [1.807, 2.05) is 6.92 Å². The van der Waals surface area contributed by atoms with Gasteiger partial charge in [-0.2, -0.15) is 18.2 Å². The third-order valence-corrected chi connectivity index (χ3v) is 6.44. The normalized spacial score (nSPS) is 20.2. The largest absolute Gasteiger partial charge is 0.406 e. The Balaban J connectivity index is 1.45. The van der Waals surface area contributed by atoms with E-state index in [2.05, 4.69) is 30.7 Å². The van der Waals surface area contributed by atoms with Crippen molar-refractivity contribution in [3.8, 4) is 11.3 Å². The first-order valence-corrected chi connectivity index (χ1v) is 11.0. The second-order valence-corrected chi connectivity index (χ2v) is 9.13. The molecule has 0 aromatic carbocycles. The number of amides is 1. The van der Waals surface area contributed by atoms with Crippen LogP contribution in [0.4, 0.5) is 24.9 Å². The van der Waals surface area contributed by atoms with Crippen LogP contribution >= 0.6 is 0 Å². The number of anilines is 2. The zero-order valence-electron chi connectivity index (χ0n) is 19.3. The molecule has 0 unspecified atom stereocenters. The first-order valence-electron chi connectivity index (χ1n) is 11.0. The van der Waals surface area contributed by atoms with Gasteiger partial charge >= 0.3 is 6.18 Å². The van der Waals surface area contributed by atoms with Crippen LogP contribution in [0, 0.1) is 12.3 Å². The van der Waals surface area contributed by atoms with E-state index >= 15 is 0 Å². The number of nitrogens with zero attached hydrogens (tertiary/aromatic N) is 6. The third kappa shape index (κ3) is 4.00. The van der Waals surface area contributed by atoms with Crippen molar-refractivity contribution in [3.05, 3.63) is 30.2 Å². The molecule has 1 amide bonds. The van der Waals surface area contributed by atoms with Gasteiger partial charge in [-0.15, -0.1) is 5.10 Å². The van der Waals surface area contributed by atoms with Gasteiger partial charge in [0.1, 0.15) is 23.4 Å². The number of nitrogen functional groups attached to an aromatic ring is 1. The van der Waals surface area contributed by atoms with Crippen LogP contribution in [0.2, 0.25) is 0 Å². The number of aryl methyl sites for hydroxylation is 1. The van der Waals surface area contributed by atoms with Gasteiger partial charge in [0.05, 0.1) is 11.1 Å². The van der Waals surface area contributed by atoms with Crippen LogP contribution in [0.5, 0.6) is 0 Å². The van der Waals surface area contributed by atoms with Crippen molar-refractivity contribution in [2.24, 2.45) is 5.41 Å². The van der Waals surface area contributed by atoms with Crippen molar-refractivity contribution >= 4 is 34.4 Å². The molecule has 1 aliphatic carbocycles. The van der Waals surface area contributed by atoms with Gasteiger partial charge in [0, 0.05) is 24.8 Å². The number of carbonyl (C=O) groups excluding carboxylic acids is 1. The molecule has 1 saturated carbocycles. The fraction of sp³-hybridized carbons (Fsp3) is 0.409. The van der Waals surface area contributed by atoms with Crippen molar-refractivity contribution in [3.63, 3.8) is 0 Å². The quantitative estimate of drug-likeness (QED) is 0.395. The molecule has 0 bridgehead atoms.